The number of carbonyl (C=O) groups excluding carboxylic acids is 1. The van der Waals surface area contributed by atoms with Gasteiger partial charge < -0.3 is 4.74 Å². The highest BCUT2D eigenvalue weighted by molar-refractivity contribution is 7.16. The number of aromatic nitrogens is 3. The second-order valence-electron chi connectivity index (χ2n) is 5.55. The number of hydrogen-bond donors (Lipinski definition) is 0. The number of esters is 1. The van der Waals surface area contributed by atoms with Crippen LogP contribution in [0, 0.1) is 5.82 Å². The maximum absolute atomic E-state index is 13.5. The molecule has 3 aromatic rings. The van der Waals surface area contributed by atoms with Gasteiger partial charge >= 0.3 is 5.97 Å². The second kappa shape index (κ2) is 5.79. The third-order valence-electron chi connectivity index (χ3n) is 3.69. The van der Waals surface area contributed by atoms with Gasteiger partial charge in [0.15, 0.2) is 0 Å². The van der Waals surface area contributed by atoms with Crippen LogP contribution in [-0.2, 0) is 11.3 Å². The zero-order chi connectivity index (χ0) is 16.7. The Balaban J connectivity index is 1.55. The molecule has 0 aliphatic heterocycles. The molecule has 0 spiro atoms. The minimum absolute atomic E-state index is 0.149. The molecule has 0 unspecified atom stereocenters. The van der Waals surface area contributed by atoms with Crippen molar-refractivity contribution in [3.8, 4) is 0 Å². The molecule has 1 saturated carbocycles. The van der Waals surface area contributed by atoms with Crippen molar-refractivity contribution >= 4 is 22.3 Å². The van der Waals surface area contributed by atoms with Crippen molar-refractivity contribution in [2.24, 2.45) is 0 Å². The van der Waals surface area contributed by atoms with E-state index in [-0.39, 0.29) is 17.7 Å². The lowest BCUT2D eigenvalue weighted by molar-refractivity contribution is 0.0462. The molecule has 0 amide bonds. The quantitative estimate of drug-likeness (QED) is 0.679. The van der Waals surface area contributed by atoms with E-state index in [0.717, 1.165) is 17.8 Å². The number of fused-ring (bicyclic) bond motifs is 1. The number of carbonyl (C=O) groups is 1. The van der Waals surface area contributed by atoms with Gasteiger partial charge in [-0.05, 0) is 25.0 Å². The van der Waals surface area contributed by atoms with Crippen LogP contribution in [0.5, 0.6) is 0 Å². The standard InChI is InChI=1S/C16H12FN3O3S/c17-12-4-2-1-3-11(12)15(22)23-8-10-7-13(21)20-16(18-10)24-14(19-20)9-5-6-9/h1-4,7,9H,5-6,8H2. The van der Waals surface area contributed by atoms with Crippen LogP contribution in [0.2, 0.25) is 0 Å². The van der Waals surface area contributed by atoms with Crippen molar-refractivity contribution in [1.82, 2.24) is 14.6 Å². The Hall–Kier alpha value is -2.61. The summed E-state index contributed by atoms with van der Waals surface area (Å²) in [4.78, 5) is 28.8. The lowest BCUT2D eigenvalue weighted by atomic mass is 10.2. The number of ether oxygens (including phenoxy) is 1. The Morgan fingerprint density at radius 3 is 2.92 bits per heavy atom. The monoisotopic (exact) mass is 345 g/mol. The Labute approximate surface area is 139 Å². The summed E-state index contributed by atoms with van der Waals surface area (Å²) >= 11 is 1.37. The second-order valence-corrected chi connectivity index (χ2v) is 6.54. The Bertz CT molecular complexity index is 994. The molecule has 0 N–H and O–H groups in total. The molecular weight excluding hydrogens is 333 g/mol. The third-order valence-corrected chi connectivity index (χ3v) is 4.76. The summed E-state index contributed by atoms with van der Waals surface area (Å²) in [6.07, 6.45) is 2.17. The van der Waals surface area contributed by atoms with Gasteiger partial charge in [-0.15, -0.1) is 0 Å². The van der Waals surface area contributed by atoms with E-state index < -0.39 is 11.8 Å². The summed E-state index contributed by atoms with van der Waals surface area (Å²) in [6, 6.07) is 6.84. The Morgan fingerprint density at radius 2 is 2.17 bits per heavy atom. The van der Waals surface area contributed by atoms with E-state index in [1.807, 2.05) is 0 Å². The summed E-state index contributed by atoms with van der Waals surface area (Å²) in [5.41, 5.74) is -0.153. The van der Waals surface area contributed by atoms with Crippen LogP contribution in [0.4, 0.5) is 4.39 Å². The van der Waals surface area contributed by atoms with Gasteiger partial charge in [-0.1, -0.05) is 23.5 Å². The molecule has 122 valence electrons. The van der Waals surface area contributed by atoms with Crippen LogP contribution in [0.25, 0.3) is 4.96 Å². The van der Waals surface area contributed by atoms with Crippen molar-refractivity contribution in [3.05, 3.63) is 62.8 Å². The molecule has 4 rings (SSSR count). The fourth-order valence-electron chi connectivity index (χ4n) is 2.28. The van der Waals surface area contributed by atoms with Crippen LogP contribution < -0.4 is 5.56 Å². The van der Waals surface area contributed by atoms with E-state index in [2.05, 4.69) is 10.1 Å². The normalized spacial score (nSPS) is 14.0. The number of rotatable bonds is 4. The summed E-state index contributed by atoms with van der Waals surface area (Å²) in [6.45, 7) is -0.199. The van der Waals surface area contributed by atoms with E-state index >= 15 is 0 Å². The van der Waals surface area contributed by atoms with E-state index in [9.17, 15) is 14.0 Å². The topological polar surface area (TPSA) is 73.6 Å². The minimum Gasteiger partial charge on any atom is -0.455 e. The van der Waals surface area contributed by atoms with Crippen molar-refractivity contribution in [1.29, 1.82) is 0 Å². The highest BCUT2D eigenvalue weighted by atomic mass is 32.1. The van der Waals surface area contributed by atoms with Crippen LogP contribution in [0.1, 0.15) is 39.8 Å². The molecule has 1 aliphatic carbocycles. The van der Waals surface area contributed by atoms with Gasteiger partial charge in [-0.3, -0.25) is 4.79 Å². The zero-order valence-electron chi connectivity index (χ0n) is 12.4. The molecule has 2 aromatic heterocycles. The molecule has 0 bridgehead atoms. The van der Waals surface area contributed by atoms with E-state index in [0.29, 0.717) is 16.6 Å². The molecule has 1 aromatic carbocycles. The van der Waals surface area contributed by atoms with Gasteiger partial charge in [-0.2, -0.15) is 9.61 Å². The smallest absolute Gasteiger partial charge is 0.341 e. The van der Waals surface area contributed by atoms with Gasteiger partial charge in [-0.25, -0.2) is 14.2 Å². The van der Waals surface area contributed by atoms with Gasteiger partial charge in [0, 0.05) is 12.0 Å². The molecule has 1 aliphatic rings. The van der Waals surface area contributed by atoms with E-state index in [1.54, 1.807) is 6.07 Å². The van der Waals surface area contributed by atoms with Crippen molar-refractivity contribution in [2.45, 2.75) is 25.4 Å². The molecule has 0 radical (unpaired) electrons. The van der Waals surface area contributed by atoms with Gasteiger partial charge in [0.25, 0.3) is 5.56 Å². The van der Waals surface area contributed by atoms with Crippen molar-refractivity contribution in [3.63, 3.8) is 0 Å². The van der Waals surface area contributed by atoms with Crippen LogP contribution in [0.15, 0.2) is 35.1 Å². The number of benzene rings is 1. The molecular formula is C16H12FN3O3S. The number of nitrogens with zero attached hydrogens (tertiary/aromatic N) is 3. The van der Waals surface area contributed by atoms with Crippen LogP contribution in [-0.4, -0.2) is 20.6 Å². The van der Waals surface area contributed by atoms with Crippen molar-refractivity contribution in [2.75, 3.05) is 0 Å². The average molecular weight is 345 g/mol. The molecule has 24 heavy (non-hydrogen) atoms. The average Bonchev–Trinajstić information content (AvgIpc) is 3.33. The SMILES string of the molecule is O=C(OCc1cc(=O)n2nc(C3CC3)sc2n1)c1ccccc1F. The first-order valence-corrected chi connectivity index (χ1v) is 8.25. The van der Waals surface area contributed by atoms with Gasteiger partial charge in [0.2, 0.25) is 4.96 Å². The number of halogens is 1. The molecule has 6 nitrogen and oxygen atoms in total. The summed E-state index contributed by atoms with van der Waals surface area (Å²) < 4.78 is 19.9. The predicted molar refractivity (Wildman–Crippen MR) is 84.6 cm³/mol. The maximum atomic E-state index is 13.5. The predicted octanol–water partition coefficient (Wildman–Crippen LogP) is 2.52. The first kappa shape index (κ1) is 14.9. The first-order valence-electron chi connectivity index (χ1n) is 7.43. The fourth-order valence-corrected chi connectivity index (χ4v) is 3.38. The molecule has 8 heteroatoms. The largest absolute Gasteiger partial charge is 0.455 e. The number of hydrogen-bond acceptors (Lipinski definition) is 6. The first-order chi connectivity index (χ1) is 11.6. The summed E-state index contributed by atoms with van der Waals surface area (Å²) in [5.74, 6) is -1.01. The minimum atomic E-state index is -0.793. The molecule has 1 fully saturated rings. The third kappa shape index (κ3) is 2.80. The summed E-state index contributed by atoms with van der Waals surface area (Å²) in [7, 11) is 0. The zero-order valence-corrected chi connectivity index (χ0v) is 13.3. The van der Waals surface area contributed by atoms with Crippen LogP contribution in [0.3, 0.4) is 0 Å². The summed E-state index contributed by atoms with van der Waals surface area (Å²) in [5, 5.41) is 5.18. The van der Waals surface area contributed by atoms with Crippen molar-refractivity contribution < 1.29 is 13.9 Å². The maximum Gasteiger partial charge on any atom is 0.341 e. The lowest BCUT2D eigenvalue weighted by Crippen LogP contribution is -2.17. The molecule has 0 atom stereocenters. The lowest BCUT2D eigenvalue weighted by Gasteiger charge is -2.05. The highest BCUT2D eigenvalue weighted by Crippen LogP contribution is 2.41. The fraction of sp³-hybridized carbons (Fsp3) is 0.250. The Morgan fingerprint density at radius 1 is 1.38 bits per heavy atom. The molecule has 0 saturated heterocycles. The molecule has 2 heterocycles. The van der Waals surface area contributed by atoms with E-state index in [1.165, 1.54) is 40.1 Å². The highest BCUT2D eigenvalue weighted by Gasteiger charge is 2.28. The van der Waals surface area contributed by atoms with Gasteiger partial charge in [0.05, 0.1) is 11.3 Å². The van der Waals surface area contributed by atoms with Gasteiger partial charge in [0.1, 0.15) is 17.4 Å². The van der Waals surface area contributed by atoms with Crippen LogP contribution >= 0.6 is 11.3 Å². The Kier molecular flexibility index (Phi) is 3.61. The van der Waals surface area contributed by atoms with E-state index in [4.69, 9.17) is 4.74 Å².